The van der Waals surface area contributed by atoms with Crippen LogP contribution in [0.3, 0.4) is 0 Å². The van der Waals surface area contributed by atoms with Crippen LogP contribution in [0.5, 0.6) is 0 Å². The Hall–Kier alpha value is -2.87. The summed E-state index contributed by atoms with van der Waals surface area (Å²) >= 11 is 0. The molecule has 4 nitrogen and oxygen atoms in total. The molecule has 0 fully saturated rings. The third-order valence-electron chi connectivity index (χ3n) is 3.45. The van der Waals surface area contributed by atoms with E-state index in [4.69, 9.17) is 5.26 Å². The zero-order valence-electron chi connectivity index (χ0n) is 13.1. The highest BCUT2D eigenvalue weighted by Crippen LogP contribution is 2.15. The molecule has 0 heterocycles. The first-order chi connectivity index (χ1) is 11.0. The van der Waals surface area contributed by atoms with Gasteiger partial charge in [-0.05, 0) is 49.2 Å². The number of nitrogens with zero attached hydrogens (tertiary/aromatic N) is 1. The second-order valence-corrected chi connectivity index (χ2v) is 5.35. The first-order valence-electron chi connectivity index (χ1n) is 7.29. The van der Waals surface area contributed by atoms with Gasteiger partial charge in [-0.25, -0.2) is 4.39 Å². The van der Waals surface area contributed by atoms with Crippen LogP contribution in [-0.4, -0.2) is 11.9 Å². The Labute approximate surface area is 134 Å². The molecule has 1 amide bonds. The number of aryl methyl sites for hydroxylation is 1. The summed E-state index contributed by atoms with van der Waals surface area (Å²) in [7, 11) is 0. The van der Waals surface area contributed by atoms with Crippen LogP contribution in [0.15, 0.2) is 42.5 Å². The second kappa shape index (κ2) is 7.41. The van der Waals surface area contributed by atoms with Crippen LogP contribution in [0.4, 0.5) is 15.8 Å². The predicted octanol–water partition coefficient (Wildman–Crippen LogP) is 3.64. The van der Waals surface area contributed by atoms with Crippen molar-refractivity contribution in [1.29, 1.82) is 5.26 Å². The van der Waals surface area contributed by atoms with Crippen molar-refractivity contribution in [3.8, 4) is 6.07 Å². The van der Waals surface area contributed by atoms with Crippen molar-refractivity contribution in [2.24, 2.45) is 0 Å². The number of hydrogen-bond donors (Lipinski definition) is 2. The van der Waals surface area contributed by atoms with Crippen molar-refractivity contribution in [1.82, 2.24) is 0 Å². The van der Waals surface area contributed by atoms with Gasteiger partial charge in [-0.1, -0.05) is 18.2 Å². The molecule has 2 aromatic rings. The third-order valence-corrected chi connectivity index (χ3v) is 3.45. The highest BCUT2D eigenvalue weighted by molar-refractivity contribution is 5.96. The maximum atomic E-state index is 13.5. The molecule has 0 bridgehead atoms. The van der Waals surface area contributed by atoms with Crippen LogP contribution >= 0.6 is 0 Å². The highest BCUT2D eigenvalue weighted by atomic mass is 19.1. The number of amides is 1. The van der Waals surface area contributed by atoms with Gasteiger partial charge in [-0.3, -0.25) is 4.79 Å². The Morgan fingerprint density at radius 3 is 2.48 bits per heavy atom. The maximum Gasteiger partial charge on any atom is 0.246 e. The number of benzene rings is 2. The molecular formula is C18H18FN3O. The Bertz CT molecular complexity index is 735. The van der Waals surface area contributed by atoms with E-state index >= 15 is 0 Å². The highest BCUT2D eigenvalue weighted by Gasteiger charge is 2.13. The first kappa shape index (κ1) is 16.5. The fourth-order valence-electron chi connectivity index (χ4n) is 2.05. The number of anilines is 2. The lowest BCUT2D eigenvalue weighted by atomic mass is 10.1. The third kappa shape index (κ3) is 4.55. The maximum absolute atomic E-state index is 13.5. The Kier molecular flexibility index (Phi) is 5.32. The summed E-state index contributed by atoms with van der Waals surface area (Å²) in [4.78, 5) is 12.1. The number of nitriles is 1. The van der Waals surface area contributed by atoms with Crippen molar-refractivity contribution >= 4 is 17.3 Å². The Morgan fingerprint density at radius 1 is 1.22 bits per heavy atom. The van der Waals surface area contributed by atoms with Gasteiger partial charge in [0.2, 0.25) is 5.91 Å². The smallest absolute Gasteiger partial charge is 0.246 e. The average Bonchev–Trinajstić information content (AvgIpc) is 2.53. The molecule has 0 aromatic heterocycles. The van der Waals surface area contributed by atoms with E-state index in [0.717, 1.165) is 11.3 Å². The number of rotatable bonds is 5. The predicted molar refractivity (Wildman–Crippen MR) is 88.6 cm³/mol. The van der Waals surface area contributed by atoms with E-state index in [-0.39, 0.29) is 11.7 Å². The molecule has 118 valence electrons. The van der Waals surface area contributed by atoms with Gasteiger partial charge in [0.1, 0.15) is 11.9 Å². The minimum Gasteiger partial charge on any atom is -0.374 e. The lowest BCUT2D eigenvalue weighted by molar-refractivity contribution is -0.116. The van der Waals surface area contributed by atoms with Gasteiger partial charge in [-0.2, -0.15) is 5.26 Å². The van der Waals surface area contributed by atoms with E-state index < -0.39 is 6.04 Å². The summed E-state index contributed by atoms with van der Waals surface area (Å²) in [5.41, 5.74) is 2.66. The van der Waals surface area contributed by atoms with E-state index in [9.17, 15) is 9.18 Å². The average molecular weight is 311 g/mol. The molecule has 1 unspecified atom stereocenters. The number of carbonyl (C=O) groups excluding carboxylic acids is 1. The molecule has 5 heteroatoms. The molecular weight excluding hydrogens is 293 g/mol. The van der Waals surface area contributed by atoms with E-state index in [1.165, 1.54) is 6.07 Å². The molecule has 0 aliphatic rings. The van der Waals surface area contributed by atoms with Crippen molar-refractivity contribution < 1.29 is 9.18 Å². The van der Waals surface area contributed by atoms with E-state index in [1.807, 2.05) is 24.3 Å². The molecule has 1 atom stereocenters. The SMILES string of the molecule is Cc1ccc(NC(=O)C(C)Nc2ccc(CC#N)cc2)cc1F. The van der Waals surface area contributed by atoms with E-state index in [0.29, 0.717) is 17.7 Å². The van der Waals surface area contributed by atoms with Gasteiger partial charge in [0.15, 0.2) is 0 Å². The molecule has 0 aliphatic carbocycles. The summed E-state index contributed by atoms with van der Waals surface area (Å²) < 4.78 is 13.5. The number of hydrogen-bond acceptors (Lipinski definition) is 3. The van der Waals surface area contributed by atoms with Gasteiger partial charge in [0.05, 0.1) is 12.5 Å². The van der Waals surface area contributed by atoms with Gasteiger partial charge in [0, 0.05) is 11.4 Å². The Balaban J connectivity index is 1.96. The van der Waals surface area contributed by atoms with Crippen LogP contribution in [0.2, 0.25) is 0 Å². The summed E-state index contributed by atoms with van der Waals surface area (Å²) in [6.07, 6.45) is 0.356. The van der Waals surface area contributed by atoms with Gasteiger partial charge in [0.25, 0.3) is 0 Å². The molecule has 2 rings (SSSR count). The molecule has 2 aromatic carbocycles. The number of halogens is 1. The summed E-state index contributed by atoms with van der Waals surface area (Å²) in [6.45, 7) is 3.39. The lowest BCUT2D eigenvalue weighted by Gasteiger charge is -2.15. The first-order valence-corrected chi connectivity index (χ1v) is 7.29. The minimum absolute atomic E-state index is 0.255. The van der Waals surface area contributed by atoms with Crippen molar-refractivity contribution in [3.05, 3.63) is 59.4 Å². The summed E-state index contributed by atoms with van der Waals surface area (Å²) in [6, 6.07) is 13.5. The molecule has 0 saturated carbocycles. The van der Waals surface area contributed by atoms with Crippen molar-refractivity contribution in [2.45, 2.75) is 26.3 Å². The molecule has 23 heavy (non-hydrogen) atoms. The zero-order valence-corrected chi connectivity index (χ0v) is 13.1. The quantitative estimate of drug-likeness (QED) is 0.886. The standard InChI is InChI=1S/C18H18FN3O/c1-12-3-6-16(11-17(12)19)22-18(23)13(2)21-15-7-4-14(5-8-15)9-10-20/h3-8,11,13,21H,9H2,1-2H3,(H,22,23). The molecule has 0 saturated heterocycles. The van der Waals surface area contributed by atoms with E-state index in [2.05, 4.69) is 16.7 Å². The van der Waals surface area contributed by atoms with E-state index in [1.54, 1.807) is 26.0 Å². The van der Waals surface area contributed by atoms with Crippen LogP contribution in [0.1, 0.15) is 18.1 Å². The number of carbonyl (C=O) groups is 1. The van der Waals surface area contributed by atoms with Crippen LogP contribution in [0.25, 0.3) is 0 Å². The van der Waals surface area contributed by atoms with Gasteiger partial charge >= 0.3 is 0 Å². The van der Waals surface area contributed by atoms with Crippen LogP contribution in [0, 0.1) is 24.1 Å². The second-order valence-electron chi connectivity index (χ2n) is 5.35. The fraction of sp³-hybridized carbons (Fsp3) is 0.222. The van der Waals surface area contributed by atoms with Crippen molar-refractivity contribution in [2.75, 3.05) is 10.6 Å². The number of nitrogens with one attached hydrogen (secondary N) is 2. The fourth-order valence-corrected chi connectivity index (χ4v) is 2.05. The van der Waals surface area contributed by atoms with Crippen molar-refractivity contribution in [3.63, 3.8) is 0 Å². The van der Waals surface area contributed by atoms with Gasteiger partial charge < -0.3 is 10.6 Å². The largest absolute Gasteiger partial charge is 0.374 e. The lowest BCUT2D eigenvalue weighted by Crippen LogP contribution is -2.31. The molecule has 2 N–H and O–H groups in total. The monoisotopic (exact) mass is 311 g/mol. The van der Waals surface area contributed by atoms with Crippen LogP contribution < -0.4 is 10.6 Å². The van der Waals surface area contributed by atoms with Gasteiger partial charge in [-0.15, -0.1) is 0 Å². The summed E-state index contributed by atoms with van der Waals surface area (Å²) in [5.74, 6) is -0.606. The normalized spacial score (nSPS) is 11.4. The zero-order chi connectivity index (χ0) is 16.8. The minimum atomic E-state index is -0.485. The molecule has 0 aliphatic heterocycles. The molecule has 0 radical (unpaired) electrons. The summed E-state index contributed by atoms with van der Waals surface area (Å²) in [5, 5.41) is 14.4. The topological polar surface area (TPSA) is 64.9 Å². The Morgan fingerprint density at radius 2 is 1.87 bits per heavy atom. The van der Waals surface area contributed by atoms with Crippen LogP contribution in [-0.2, 0) is 11.2 Å². The molecule has 0 spiro atoms.